The fraction of sp³-hybridized carbons (Fsp3) is 0.650. The van der Waals surface area contributed by atoms with Gasteiger partial charge in [0.15, 0.2) is 11.2 Å². The number of aryl methyl sites for hydroxylation is 1. The molecule has 162 valence electrons. The third-order valence-corrected chi connectivity index (χ3v) is 6.13. The monoisotopic (exact) mass is 417 g/mol. The minimum absolute atomic E-state index is 0.0104. The minimum atomic E-state index is -0.651. The summed E-state index contributed by atoms with van der Waals surface area (Å²) in [5, 5.41) is 8.32. The number of fused-ring (bicyclic) bond motifs is 1. The lowest BCUT2D eigenvalue weighted by molar-refractivity contribution is -0.134. The van der Waals surface area contributed by atoms with Crippen LogP contribution < -0.4 is 5.56 Å². The van der Waals surface area contributed by atoms with Crippen molar-refractivity contribution in [3.63, 3.8) is 0 Å². The predicted octanol–water partition coefficient (Wildman–Crippen LogP) is 1.16. The number of amides is 1. The highest BCUT2D eigenvalue weighted by molar-refractivity contribution is 6.01. The lowest BCUT2D eigenvalue weighted by Gasteiger charge is -2.35. The number of carbonyl (C=O) groups is 2. The van der Waals surface area contributed by atoms with Crippen molar-refractivity contribution in [3.05, 3.63) is 21.8 Å². The van der Waals surface area contributed by atoms with Crippen LogP contribution in [-0.4, -0.2) is 69.9 Å². The van der Waals surface area contributed by atoms with Gasteiger partial charge >= 0.3 is 5.97 Å². The Labute approximate surface area is 173 Å². The summed E-state index contributed by atoms with van der Waals surface area (Å²) < 4.78 is 11.1. The molecule has 0 N–H and O–H groups in total. The zero-order valence-corrected chi connectivity index (χ0v) is 17.4. The molecular weight excluding hydrogens is 390 g/mol. The van der Waals surface area contributed by atoms with Gasteiger partial charge in [0, 0.05) is 32.6 Å². The van der Waals surface area contributed by atoms with Crippen molar-refractivity contribution in [1.29, 1.82) is 0 Å². The number of ether oxygens (including phenoxy) is 1. The van der Waals surface area contributed by atoms with Crippen LogP contribution in [0, 0.1) is 12.8 Å². The minimum Gasteiger partial charge on any atom is -0.464 e. The summed E-state index contributed by atoms with van der Waals surface area (Å²) in [4.78, 5) is 41.4. The molecule has 1 saturated heterocycles. The Hall–Kier alpha value is -2.75. The molecule has 2 fully saturated rings. The lowest BCUT2D eigenvalue weighted by atomic mass is 10.0. The molecule has 2 aliphatic rings. The summed E-state index contributed by atoms with van der Waals surface area (Å²) in [6.07, 6.45) is 5.43. The van der Waals surface area contributed by atoms with Crippen LogP contribution in [0.5, 0.6) is 0 Å². The maximum absolute atomic E-state index is 12.8. The third kappa shape index (κ3) is 3.96. The molecule has 0 atom stereocenters. The summed E-state index contributed by atoms with van der Waals surface area (Å²) in [6.45, 7) is 4.33. The summed E-state index contributed by atoms with van der Waals surface area (Å²) in [6, 6.07) is 0. The van der Waals surface area contributed by atoms with Gasteiger partial charge < -0.3 is 14.2 Å². The van der Waals surface area contributed by atoms with Crippen LogP contribution in [0.25, 0.3) is 10.9 Å². The third-order valence-electron chi connectivity index (χ3n) is 6.13. The van der Waals surface area contributed by atoms with E-state index < -0.39 is 11.5 Å². The van der Waals surface area contributed by atoms with Crippen molar-refractivity contribution in [2.24, 2.45) is 5.92 Å². The van der Waals surface area contributed by atoms with Gasteiger partial charge in [-0.25, -0.2) is 9.48 Å². The van der Waals surface area contributed by atoms with E-state index in [0.29, 0.717) is 44.3 Å². The van der Waals surface area contributed by atoms with Gasteiger partial charge in [0.1, 0.15) is 5.76 Å². The van der Waals surface area contributed by atoms with Crippen molar-refractivity contribution < 1.29 is 18.8 Å². The fourth-order valence-corrected chi connectivity index (χ4v) is 4.39. The normalized spacial score (nSPS) is 18.3. The van der Waals surface area contributed by atoms with Crippen LogP contribution in [0.4, 0.5) is 0 Å². The fourth-order valence-electron chi connectivity index (χ4n) is 4.39. The lowest BCUT2D eigenvalue weighted by Crippen LogP contribution is -2.50. The first-order valence-electron chi connectivity index (χ1n) is 10.4. The second-order valence-electron chi connectivity index (χ2n) is 8.10. The average Bonchev–Trinajstić information content (AvgIpc) is 3.40. The Morgan fingerprint density at radius 3 is 2.53 bits per heavy atom. The molecule has 10 nitrogen and oxygen atoms in total. The molecule has 3 heterocycles. The van der Waals surface area contributed by atoms with E-state index in [9.17, 15) is 14.4 Å². The van der Waals surface area contributed by atoms with Crippen molar-refractivity contribution in [1.82, 2.24) is 24.7 Å². The second-order valence-corrected chi connectivity index (χ2v) is 8.10. The zero-order valence-electron chi connectivity index (χ0n) is 17.4. The Morgan fingerprint density at radius 1 is 1.17 bits per heavy atom. The molecule has 2 aromatic rings. The summed E-state index contributed by atoms with van der Waals surface area (Å²) in [5.41, 5.74) is -0.348. The highest BCUT2D eigenvalue weighted by Gasteiger charge is 2.27. The van der Waals surface area contributed by atoms with Gasteiger partial charge in [-0.1, -0.05) is 18.0 Å². The van der Waals surface area contributed by atoms with E-state index in [4.69, 9.17) is 9.26 Å². The Balaban J connectivity index is 1.45. The van der Waals surface area contributed by atoms with Gasteiger partial charge in [-0.15, -0.1) is 0 Å². The number of aromatic nitrogens is 3. The first kappa shape index (κ1) is 20.5. The molecule has 1 amide bonds. The number of hydrogen-bond acceptors (Lipinski definition) is 8. The topological polar surface area (TPSA) is 111 Å². The van der Waals surface area contributed by atoms with Crippen LogP contribution in [0.15, 0.2) is 9.32 Å². The number of rotatable bonds is 5. The largest absolute Gasteiger partial charge is 0.464 e. The molecule has 1 aliphatic carbocycles. The van der Waals surface area contributed by atoms with E-state index in [2.05, 4.69) is 10.3 Å². The second kappa shape index (κ2) is 8.55. The average molecular weight is 417 g/mol. The van der Waals surface area contributed by atoms with Crippen molar-refractivity contribution in [2.45, 2.75) is 45.7 Å². The summed E-state index contributed by atoms with van der Waals surface area (Å²) in [5.74, 6) is 0.455. The quantitative estimate of drug-likeness (QED) is 0.667. The van der Waals surface area contributed by atoms with Gasteiger partial charge in [-0.3, -0.25) is 14.5 Å². The van der Waals surface area contributed by atoms with Crippen molar-refractivity contribution in [2.75, 3.05) is 33.3 Å². The highest BCUT2D eigenvalue weighted by atomic mass is 16.5. The number of methoxy groups -OCH3 is 1. The van der Waals surface area contributed by atoms with E-state index in [-0.39, 0.29) is 29.2 Å². The number of hydrogen-bond donors (Lipinski definition) is 0. The zero-order chi connectivity index (χ0) is 21.3. The van der Waals surface area contributed by atoms with Gasteiger partial charge in [-0.05, 0) is 25.7 Å². The molecule has 10 heteroatoms. The first-order valence-corrected chi connectivity index (χ1v) is 10.4. The number of nitrogens with zero attached hydrogens (tertiary/aromatic N) is 5. The molecule has 1 aliphatic heterocycles. The molecule has 0 aromatic carbocycles. The standard InChI is InChI=1S/C20H27N5O5/c1-13-16-17(22-30-13)19(27)25(21-18(16)20(28)29-2)12-23-7-9-24(10-8-23)15(26)11-14-5-3-4-6-14/h14H,3-12H2,1-2H3. The molecule has 4 rings (SSSR count). The van der Waals surface area contributed by atoms with Crippen LogP contribution in [0.2, 0.25) is 0 Å². The van der Waals surface area contributed by atoms with Gasteiger partial charge in [0.2, 0.25) is 5.91 Å². The van der Waals surface area contributed by atoms with Crippen LogP contribution in [0.3, 0.4) is 0 Å². The van der Waals surface area contributed by atoms with Crippen molar-refractivity contribution >= 4 is 22.8 Å². The maximum atomic E-state index is 12.8. The van der Waals surface area contributed by atoms with Crippen LogP contribution in [-0.2, 0) is 16.2 Å². The number of carbonyl (C=O) groups excluding carboxylic acids is 2. The van der Waals surface area contributed by atoms with E-state index in [1.165, 1.54) is 24.6 Å². The van der Waals surface area contributed by atoms with E-state index in [1.807, 2.05) is 9.80 Å². The maximum Gasteiger partial charge on any atom is 0.359 e. The number of esters is 1. The molecule has 0 bridgehead atoms. The number of piperazine rings is 1. The molecule has 30 heavy (non-hydrogen) atoms. The van der Waals surface area contributed by atoms with Gasteiger partial charge in [0.05, 0.1) is 19.2 Å². The molecule has 0 unspecified atom stereocenters. The molecule has 1 saturated carbocycles. The van der Waals surface area contributed by atoms with E-state index in [0.717, 1.165) is 12.8 Å². The summed E-state index contributed by atoms with van der Waals surface area (Å²) in [7, 11) is 1.26. The van der Waals surface area contributed by atoms with E-state index >= 15 is 0 Å². The molecule has 0 spiro atoms. The van der Waals surface area contributed by atoms with Gasteiger partial charge in [-0.2, -0.15) is 5.10 Å². The predicted molar refractivity (Wildman–Crippen MR) is 107 cm³/mol. The van der Waals surface area contributed by atoms with Crippen LogP contribution >= 0.6 is 0 Å². The SMILES string of the molecule is COC(=O)c1nn(CN2CCN(C(=O)CC3CCCC3)CC2)c(=O)c2noc(C)c12. The van der Waals surface area contributed by atoms with E-state index in [1.54, 1.807) is 6.92 Å². The van der Waals surface area contributed by atoms with Crippen molar-refractivity contribution in [3.8, 4) is 0 Å². The Bertz CT molecular complexity index is 999. The Kier molecular flexibility index (Phi) is 5.85. The smallest absolute Gasteiger partial charge is 0.359 e. The molecular formula is C20H27N5O5. The van der Waals surface area contributed by atoms with Crippen LogP contribution in [0.1, 0.15) is 48.4 Å². The molecule has 2 aromatic heterocycles. The highest BCUT2D eigenvalue weighted by Crippen LogP contribution is 2.28. The molecule has 0 radical (unpaired) electrons. The first-order chi connectivity index (χ1) is 14.5. The summed E-state index contributed by atoms with van der Waals surface area (Å²) >= 11 is 0. The van der Waals surface area contributed by atoms with Gasteiger partial charge in [0.25, 0.3) is 5.56 Å². The Morgan fingerprint density at radius 2 is 1.87 bits per heavy atom.